The Bertz CT molecular complexity index is 1060. The van der Waals surface area contributed by atoms with Gasteiger partial charge >= 0.3 is 0 Å². The zero-order valence-electron chi connectivity index (χ0n) is 12.5. The summed E-state index contributed by atoms with van der Waals surface area (Å²) in [7, 11) is 0. The zero-order valence-corrected chi connectivity index (χ0v) is 12.5. The first-order chi connectivity index (χ1) is 11.6. The fourth-order valence-corrected chi connectivity index (χ4v) is 3.06. The lowest BCUT2D eigenvalue weighted by molar-refractivity contribution is 0.100. The molecule has 0 aromatic heterocycles. The smallest absolute Gasteiger partial charge is 0.194 e. The molecule has 0 amide bonds. The van der Waals surface area contributed by atoms with Gasteiger partial charge in [0.1, 0.15) is 11.5 Å². The number of Topliss-reactive ketones (excluding diaryl/α,β-unsaturated/α-hetero) is 1. The fraction of sp³-hybridized carbons (Fsp3) is 0. The number of rotatable bonds is 1. The third-order valence-corrected chi connectivity index (χ3v) is 4.24. The topological polar surface area (TPSA) is 74.6 Å². The van der Waals surface area contributed by atoms with Gasteiger partial charge in [0.05, 0.1) is 0 Å². The molecule has 0 bridgehead atoms. The quantitative estimate of drug-likeness (QED) is 0.671. The van der Waals surface area contributed by atoms with Gasteiger partial charge in [-0.05, 0) is 12.1 Å². The van der Waals surface area contributed by atoms with E-state index in [1.807, 2.05) is 0 Å². The Morgan fingerprint density at radius 2 is 1.33 bits per heavy atom. The molecule has 0 aliphatic heterocycles. The second kappa shape index (κ2) is 5.06. The molecule has 0 fully saturated rings. The third-order valence-electron chi connectivity index (χ3n) is 4.24. The van der Waals surface area contributed by atoms with Crippen LogP contribution in [-0.2, 0) is 0 Å². The monoisotopic (exact) mass is 316 g/mol. The highest BCUT2D eigenvalue weighted by atomic mass is 16.3. The molecule has 4 nitrogen and oxygen atoms in total. The number of ketones is 2. The molecule has 4 rings (SSSR count). The number of benzene rings is 3. The van der Waals surface area contributed by atoms with Gasteiger partial charge in [0, 0.05) is 33.0 Å². The first kappa shape index (κ1) is 14.2. The molecule has 1 aliphatic carbocycles. The van der Waals surface area contributed by atoms with Gasteiger partial charge in [0.25, 0.3) is 0 Å². The van der Waals surface area contributed by atoms with E-state index >= 15 is 0 Å². The molecule has 0 heterocycles. The van der Waals surface area contributed by atoms with Gasteiger partial charge in [0.15, 0.2) is 11.6 Å². The van der Waals surface area contributed by atoms with Crippen molar-refractivity contribution in [3.05, 3.63) is 77.4 Å². The van der Waals surface area contributed by atoms with E-state index < -0.39 is 0 Å². The van der Waals surface area contributed by atoms with Crippen LogP contribution in [0.1, 0.15) is 26.3 Å². The number of fused-ring (bicyclic) bond motifs is 2. The average molecular weight is 316 g/mol. The second-order valence-electron chi connectivity index (χ2n) is 5.63. The van der Waals surface area contributed by atoms with E-state index in [4.69, 9.17) is 0 Å². The predicted octanol–water partition coefficient (Wildman–Crippen LogP) is 3.71. The lowest BCUT2D eigenvalue weighted by atomic mass is 9.85. The van der Waals surface area contributed by atoms with Crippen LogP contribution in [0.5, 0.6) is 11.5 Å². The molecule has 0 saturated carbocycles. The Labute approximate surface area is 137 Å². The van der Waals surface area contributed by atoms with Crippen molar-refractivity contribution in [3.63, 3.8) is 0 Å². The SMILES string of the molecule is O=C1C=C(c2cc(O)c3ccccc3c2O)C(=O)c2ccccc21. The highest BCUT2D eigenvalue weighted by molar-refractivity contribution is 6.39. The van der Waals surface area contributed by atoms with Crippen LogP contribution in [0.4, 0.5) is 0 Å². The summed E-state index contributed by atoms with van der Waals surface area (Å²) in [5.74, 6) is -0.837. The Morgan fingerprint density at radius 3 is 2.08 bits per heavy atom. The van der Waals surface area contributed by atoms with E-state index in [1.165, 1.54) is 12.1 Å². The van der Waals surface area contributed by atoms with Gasteiger partial charge in [-0.15, -0.1) is 0 Å². The summed E-state index contributed by atoms with van der Waals surface area (Å²) in [6.45, 7) is 0. The molecule has 0 radical (unpaired) electrons. The maximum absolute atomic E-state index is 12.7. The molecule has 2 N–H and O–H groups in total. The van der Waals surface area contributed by atoms with Crippen molar-refractivity contribution in [2.24, 2.45) is 0 Å². The summed E-state index contributed by atoms with van der Waals surface area (Å²) in [6.07, 6.45) is 1.22. The van der Waals surface area contributed by atoms with Crippen molar-refractivity contribution in [1.82, 2.24) is 0 Å². The first-order valence-electron chi connectivity index (χ1n) is 7.41. The Hall–Kier alpha value is -3.40. The predicted molar refractivity (Wildman–Crippen MR) is 90.4 cm³/mol. The summed E-state index contributed by atoms with van der Waals surface area (Å²) in [4.78, 5) is 25.1. The summed E-state index contributed by atoms with van der Waals surface area (Å²) < 4.78 is 0. The van der Waals surface area contributed by atoms with Crippen LogP contribution in [0.3, 0.4) is 0 Å². The van der Waals surface area contributed by atoms with Crippen LogP contribution in [0.25, 0.3) is 16.3 Å². The van der Waals surface area contributed by atoms with Gasteiger partial charge in [-0.3, -0.25) is 9.59 Å². The minimum absolute atomic E-state index is 0.0570. The van der Waals surface area contributed by atoms with Crippen LogP contribution in [0, 0.1) is 0 Å². The molecule has 0 atom stereocenters. The molecule has 0 saturated heterocycles. The van der Waals surface area contributed by atoms with Gasteiger partial charge in [-0.2, -0.15) is 0 Å². The highest BCUT2D eigenvalue weighted by Gasteiger charge is 2.28. The summed E-state index contributed by atoms with van der Waals surface area (Å²) in [5, 5.41) is 21.7. The standard InChI is InChI=1S/C20H12O4/c21-17-9-15(19(23)13-7-3-1-5-11(13)17)16-10-18(22)12-6-2-4-8-14(12)20(16)24/h1-10,21,23H. The van der Waals surface area contributed by atoms with Crippen LogP contribution in [0.15, 0.2) is 60.7 Å². The summed E-state index contributed by atoms with van der Waals surface area (Å²) >= 11 is 0. The maximum atomic E-state index is 12.7. The first-order valence-corrected chi connectivity index (χ1v) is 7.41. The molecule has 3 aromatic rings. The molecule has 0 spiro atoms. The van der Waals surface area contributed by atoms with E-state index in [1.54, 1.807) is 48.5 Å². The lowest BCUT2D eigenvalue weighted by Crippen LogP contribution is -2.16. The van der Waals surface area contributed by atoms with Crippen molar-refractivity contribution in [2.45, 2.75) is 0 Å². The molecule has 116 valence electrons. The van der Waals surface area contributed by atoms with Crippen molar-refractivity contribution >= 4 is 27.9 Å². The van der Waals surface area contributed by atoms with Gasteiger partial charge < -0.3 is 10.2 Å². The minimum Gasteiger partial charge on any atom is -0.507 e. The van der Waals surface area contributed by atoms with Gasteiger partial charge in [-0.25, -0.2) is 0 Å². The Morgan fingerprint density at radius 1 is 0.708 bits per heavy atom. The van der Waals surface area contributed by atoms with Crippen molar-refractivity contribution < 1.29 is 19.8 Å². The summed E-state index contributed by atoms with van der Waals surface area (Å²) in [5.41, 5.74) is 0.874. The lowest BCUT2D eigenvalue weighted by Gasteiger charge is -2.17. The number of aromatic hydroxyl groups is 2. The molecule has 24 heavy (non-hydrogen) atoms. The molecule has 4 heteroatoms. The number of phenols is 2. The largest absolute Gasteiger partial charge is 0.507 e. The van der Waals surface area contributed by atoms with Crippen LogP contribution in [-0.4, -0.2) is 21.8 Å². The van der Waals surface area contributed by atoms with E-state index in [0.29, 0.717) is 21.9 Å². The van der Waals surface area contributed by atoms with Crippen molar-refractivity contribution in [3.8, 4) is 11.5 Å². The maximum Gasteiger partial charge on any atom is 0.194 e. The van der Waals surface area contributed by atoms with E-state index in [2.05, 4.69) is 0 Å². The Balaban J connectivity index is 1.98. The molecule has 0 unspecified atom stereocenters. The van der Waals surface area contributed by atoms with Crippen LogP contribution >= 0.6 is 0 Å². The number of allylic oxidation sites excluding steroid dienone is 2. The minimum atomic E-state index is -0.352. The fourth-order valence-electron chi connectivity index (χ4n) is 3.06. The van der Waals surface area contributed by atoms with Gasteiger partial charge in [-0.1, -0.05) is 48.5 Å². The number of hydrogen-bond donors (Lipinski definition) is 2. The highest BCUT2D eigenvalue weighted by Crippen LogP contribution is 2.40. The summed E-state index contributed by atoms with van der Waals surface area (Å²) in [6, 6.07) is 14.7. The number of hydrogen-bond acceptors (Lipinski definition) is 4. The van der Waals surface area contributed by atoms with Crippen molar-refractivity contribution in [2.75, 3.05) is 0 Å². The zero-order chi connectivity index (χ0) is 16.8. The van der Waals surface area contributed by atoms with E-state index in [0.717, 1.165) is 0 Å². The molecule has 3 aromatic carbocycles. The van der Waals surface area contributed by atoms with Crippen LogP contribution < -0.4 is 0 Å². The molecular formula is C20H12O4. The normalized spacial score (nSPS) is 13.8. The van der Waals surface area contributed by atoms with Gasteiger partial charge in [0.2, 0.25) is 0 Å². The number of carbonyl (C=O) groups is 2. The van der Waals surface area contributed by atoms with Crippen molar-refractivity contribution in [1.29, 1.82) is 0 Å². The Kier molecular flexibility index (Phi) is 3.00. The number of carbonyl (C=O) groups excluding carboxylic acids is 2. The van der Waals surface area contributed by atoms with E-state index in [-0.39, 0.29) is 34.2 Å². The van der Waals surface area contributed by atoms with E-state index in [9.17, 15) is 19.8 Å². The third kappa shape index (κ3) is 1.93. The average Bonchev–Trinajstić information content (AvgIpc) is 2.61. The number of phenolic OH excluding ortho intramolecular Hbond substituents is 2. The molecular weight excluding hydrogens is 304 g/mol. The van der Waals surface area contributed by atoms with Crippen LogP contribution in [0.2, 0.25) is 0 Å². The molecule has 1 aliphatic rings. The second-order valence-corrected chi connectivity index (χ2v) is 5.63.